The Hall–Kier alpha value is -2.53. The van der Waals surface area contributed by atoms with Gasteiger partial charge < -0.3 is 0 Å². The molecule has 1 aliphatic heterocycles. The van der Waals surface area contributed by atoms with Crippen LogP contribution in [0.5, 0.6) is 0 Å². The number of nitrogens with zero attached hydrogens (tertiary/aromatic N) is 2. The van der Waals surface area contributed by atoms with Gasteiger partial charge in [0.25, 0.3) is 11.8 Å². The Balaban J connectivity index is 1.28. The molecule has 27 heavy (non-hydrogen) atoms. The number of carbonyl (C=O) groups excluding carboxylic acids is 2. The number of hydrogen-bond donors (Lipinski definition) is 0. The van der Waals surface area contributed by atoms with Crippen LogP contribution in [0.25, 0.3) is 0 Å². The Morgan fingerprint density at radius 3 is 2.15 bits per heavy atom. The lowest BCUT2D eigenvalue weighted by molar-refractivity contribution is 0.0650. The second-order valence-electron chi connectivity index (χ2n) is 7.34. The molecule has 4 nitrogen and oxygen atoms in total. The third-order valence-corrected chi connectivity index (χ3v) is 5.32. The number of halogens is 1. The molecule has 1 fully saturated rings. The highest BCUT2D eigenvalue weighted by molar-refractivity contribution is 6.21. The minimum Gasteiger partial charge on any atom is -0.296 e. The van der Waals surface area contributed by atoms with Gasteiger partial charge in [-0.1, -0.05) is 24.3 Å². The summed E-state index contributed by atoms with van der Waals surface area (Å²) < 4.78 is 13.1. The van der Waals surface area contributed by atoms with E-state index in [-0.39, 0.29) is 17.6 Å². The first-order chi connectivity index (χ1) is 13.1. The number of carbonyl (C=O) groups is 2. The SMILES string of the molecule is O=C1c2ccccc2C(=O)N1CCCCN(Cc1ccc(F)cc1)C1CC1. The summed E-state index contributed by atoms with van der Waals surface area (Å²) in [5, 5.41) is 0. The third-order valence-electron chi connectivity index (χ3n) is 5.32. The van der Waals surface area contributed by atoms with E-state index in [0.717, 1.165) is 31.5 Å². The Morgan fingerprint density at radius 2 is 1.56 bits per heavy atom. The van der Waals surface area contributed by atoms with Crippen LogP contribution in [0.2, 0.25) is 0 Å². The van der Waals surface area contributed by atoms with Crippen molar-refractivity contribution in [2.24, 2.45) is 0 Å². The molecule has 5 heteroatoms. The zero-order valence-electron chi connectivity index (χ0n) is 15.2. The predicted molar refractivity (Wildman–Crippen MR) is 101 cm³/mol. The minimum atomic E-state index is -0.210. The lowest BCUT2D eigenvalue weighted by atomic mass is 10.1. The number of hydrogen-bond acceptors (Lipinski definition) is 3. The van der Waals surface area contributed by atoms with Crippen LogP contribution in [0.3, 0.4) is 0 Å². The highest BCUT2D eigenvalue weighted by Crippen LogP contribution is 2.29. The second kappa shape index (κ2) is 7.61. The predicted octanol–water partition coefficient (Wildman–Crippen LogP) is 3.87. The lowest BCUT2D eigenvalue weighted by Crippen LogP contribution is -2.32. The normalized spacial score (nSPS) is 16.3. The molecule has 2 aliphatic rings. The maximum Gasteiger partial charge on any atom is 0.261 e. The monoisotopic (exact) mass is 366 g/mol. The average molecular weight is 366 g/mol. The lowest BCUT2D eigenvalue weighted by Gasteiger charge is -2.22. The van der Waals surface area contributed by atoms with Gasteiger partial charge in [0, 0.05) is 19.1 Å². The molecule has 0 bridgehead atoms. The molecule has 2 aromatic rings. The van der Waals surface area contributed by atoms with Crippen molar-refractivity contribution in [2.45, 2.75) is 38.3 Å². The van der Waals surface area contributed by atoms with E-state index >= 15 is 0 Å². The van der Waals surface area contributed by atoms with Crippen LogP contribution in [-0.2, 0) is 6.54 Å². The fourth-order valence-corrected chi connectivity index (χ4v) is 3.68. The molecule has 0 aromatic heterocycles. The van der Waals surface area contributed by atoms with Crippen molar-refractivity contribution in [1.29, 1.82) is 0 Å². The number of rotatable bonds is 8. The van der Waals surface area contributed by atoms with E-state index in [1.54, 1.807) is 24.3 Å². The van der Waals surface area contributed by atoms with Crippen molar-refractivity contribution in [3.05, 3.63) is 71.0 Å². The fourth-order valence-electron chi connectivity index (χ4n) is 3.68. The smallest absolute Gasteiger partial charge is 0.261 e. The molecular formula is C22H23FN2O2. The number of unbranched alkanes of at least 4 members (excludes halogenated alkanes) is 1. The summed E-state index contributed by atoms with van der Waals surface area (Å²) in [5.41, 5.74) is 2.14. The van der Waals surface area contributed by atoms with Gasteiger partial charge in [-0.2, -0.15) is 0 Å². The van der Waals surface area contributed by atoms with E-state index in [1.165, 1.54) is 29.9 Å². The highest BCUT2D eigenvalue weighted by atomic mass is 19.1. The van der Waals surface area contributed by atoms with Gasteiger partial charge in [-0.25, -0.2) is 4.39 Å². The van der Waals surface area contributed by atoms with Crippen LogP contribution >= 0.6 is 0 Å². The molecular weight excluding hydrogens is 343 g/mol. The summed E-state index contributed by atoms with van der Waals surface area (Å²) in [4.78, 5) is 28.6. The topological polar surface area (TPSA) is 40.6 Å². The van der Waals surface area contributed by atoms with Gasteiger partial charge in [0.15, 0.2) is 0 Å². The molecule has 0 N–H and O–H groups in total. The Labute approximate surface area is 158 Å². The fraction of sp³-hybridized carbons (Fsp3) is 0.364. The maximum absolute atomic E-state index is 13.1. The first-order valence-electron chi connectivity index (χ1n) is 9.57. The summed E-state index contributed by atoms with van der Waals surface area (Å²) in [7, 11) is 0. The minimum absolute atomic E-state index is 0.180. The van der Waals surface area contributed by atoms with E-state index in [9.17, 15) is 14.0 Å². The summed E-state index contributed by atoms with van der Waals surface area (Å²) in [6.45, 7) is 2.20. The Bertz CT molecular complexity index is 811. The van der Waals surface area contributed by atoms with E-state index < -0.39 is 0 Å². The summed E-state index contributed by atoms with van der Waals surface area (Å²) in [5.74, 6) is -0.570. The molecule has 0 atom stereocenters. The molecule has 1 saturated carbocycles. The van der Waals surface area contributed by atoms with Gasteiger partial charge in [0.1, 0.15) is 5.82 Å². The molecule has 0 saturated heterocycles. The quantitative estimate of drug-likeness (QED) is 0.526. The van der Waals surface area contributed by atoms with E-state index in [1.807, 2.05) is 12.1 Å². The maximum atomic E-state index is 13.1. The Kier molecular flexibility index (Phi) is 5.03. The van der Waals surface area contributed by atoms with Crippen LogP contribution in [0, 0.1) is 5.82 Å². The molecule has 0 unspecified atom stereocenters. The van der Waals surface area contributed by atoms with Crippen LogP contribution in [-0.4, -0.2) is 40.7 Å². The molecule has 2 amide bonds. The van der Waals surface area contributed by atoms with Crippen molar-refractivity contribution < 1.29 is 14.0 Å². The highest BCUT2D eigenvalue weighted by Gasteiger charge is 2.34. The molecule has 0 radical (unpaired) electrons. The van der Waals surface area contributed by atoms with Crippen LogP contribution < -0.4 is 0 Å². The van der Waals surface area contributed by atoms with Gasteiger partial charge in [0.05, 0.1) is 11.1 Å². The van der Waals surface area contributed by atoms with Crippen molar-refractivity contribution in [3.63, 3.8) is 0 Å². The zero-order valence-corrected chi connectivity index (χ0v) is 15.2. The molecule has 140 valence electrons. The van der Waals surface area contributed by atoms with Crippen LogP contribution in [0.15, 0.2) is 48.5 Å². The van der Waals surface area contributed by atoms with Crippen molar-refractivity contribution in [2.75, 3.05) is 13.1 Å². The third kappa shape index (κ3) is 3.93. The van der Waals surface area contributed by atoms with Crippen LogP contribution in [0.1, 0.15) is 52.0 Å². The Morgan fingerprint density at radius 1 is 0.926 bits per heavy atom. The van der Waals surface area contributed by atoms with E-state index in [0.29, 0.717) is 23.7 Å². The van der Waals surface area contributed by atoms with E-state index in [4.69, 9.17) is 0 Å². The standard InChI is InChI=1S/C22H23FN2O2/c23-17-9-7-16(8-10-17)15-24(18-11-12-18)13-3-4-14-25-21(26)19-5-1-2-6-20(19)22(25)27/h1-2,5-10,18H,3-4,11-15H2. The van der Waals surface area contributed by atoms with Gasteiger partial charge in [0.2, 0.25) is 0 Å². The molecule has 0 spiro atoms. The van der Waals surface area contributed by atoms with Gasteiger partial charge in [-0.05, 0) is 62.1 Å². The van der Waals surface area contributed by atoms with Crippen molar-refractivity contribution >= 4 is 11.8 Å². The number of amides is 2. The van der Waals surface area contributed by atoms with E-state index in [2.05, 4.69) is 4.90 Å². The number of imide groups is 1. The molecule has 4 rings (SSSR count). The average Bonchev–Trinajstić information content (AvgIpc) is 3.49. The van der Waals surface area contributed by atoms with Crippen LogP contribution in [0.4, 0.5) is 4.39 Å². The molecule has 1 aliphatic carbocycles. The number of fused-ring (bicyclic) bond motifs is 1. The first-order valence-corrected chi connectivity index (χ1v) is 9.57. The summed E-state index contributed by atoms with van der Waals surface area (Å²) >= 11 is 0. The molecule has 1 heterocycles. The second-order valence-corrected chi connectivity index (χ2v) is 7.34. The van der Waals surface area contributed by atoms with Crippen molar-refractivity contribution in [3.8, 4) is 0 Å². The van der Waals surface area contributed by atoms with Gasteiger partial charge in [-0.3, -0.25) is 19.4 Å². The summed E-state index contributed by atoms with van der Waals surface area (Å²) in [6, 6.07) is 14.3. The largest absolute Gasteiger partial charge is 0.296 e. The molecule has 2 aromatic carbocycles. The van der Waals surface area contributed by atoms with Crippen molar-refractivity contribution in [1.82, 2.24) is 9.80 Å². The summed E-state index contributed by atoms with van der Waals surface area (Å²) in [6.07, 6.45) is 4.13. The van der Waals surface area contributed by atoms with Gasteiger partial charge >= 0.3 is 0 Å². The zero-order chi connectivity index (χ0) is 18.8. The first kappa shape index (κ1) is 17.9. The number of benzene rings is 2. The van der Waals surface area contributed by atoms with Gasteiger partial charge in [-0.15, -0.1) is 0 Å².